The zero-order valence-electron chi connectivity index (χ0n) is 10.1. The van der Waals surface area contributed by atoms with E-state index in [1.54, 1.807) is 11.8 Å². The molecule has 0 heterocycles. The van der Waals surface area contributed by atoms with Gasteiger partial charge in [-0.3, -0.25) is 0 Å². The molecule has 88 valence electrons. The van der Waals surface area contributed by atoms with E-state index in [0.29, 0.717) is 0 Å². The quantitative estimate of drug-likeness (QED) is 0.586. The predicted molar refractivity (Wildman–Crippen MR) is 74.3 cm³/mol. The number of nitrogens with zero attached hydrogens (tertiary/aromatic N) is 2. The average molecular weight is 244 g/mol. The first kappa shape index (κ1) is 13.4. The maximum atomic E-state index is 8.98. The van der Waals surface area contributed by atoms with Gasteiger partial charge in [0.1, 0.15) is 6.07 Å². The van der Waals surface area contributed by atoms with Gasteiger partial charge in [0.25, 0.3) is 0 Å². The van der Waals surface area contributed by atoms with Crippen molar-refractivity contribution in [3.8, 4) is 6.07 Å². The van der Waals surface area contributed by atoms with Crippen LogP contribution in [0.5, 0.6) is 0 Å². The number of hydrogen-bond donors (Lipinski definition) is 0. The maximum absolute atomic E-state index is 8.98. The Balaban J connectivity index is 2.51. The molecule has 0 bridgehead atoms. The molecule has 1 rings (SSSR count). The second-order valence-electron chi connectivity index (χ2n) is 3.72. The molecular formula is C14H16N2S. The van der Waals surface area contributed by atoms with Crippen LogP contribution in [-0.4, -0.2) is 19.0 Å². The highest BCUT2D eigenvalue weighted by Crippen LogP contribution is 2.20. The van der Waals surface area contributed by atoms with Crippen LogP contribution in [0.1, 0.15) is 5.56 Å². The van der Waals surface area contributed by atoms with Crippen LogP contribution in [0.4, 0.5) is 0 Å². The smallest absolute Gasteiger partial charge is 0.106 e. The van der Waals surface area contributed by atoms with Crippen molar-refractivity contribution in [3.63, 3.8) is 0 Å². The van der Waals surface area contributed by atoms with Gasteiger partial charge in [0.05, 0.1) is 4.91 Å². The first-order valence-corrected chi connectivity index (χ1v) is 6.32. The molecule has 3 heteroatoms. The van der Waals surface area contributed by atoms with E-state index in [-0.39, 0.29) is 0 Å². The Labute approximate surface area is 107 Å². The fourth-order valence-electron chi connectivity index (χ4n) is 1.16. The van der Waals surface area contributed by atoms with Crippen LogP contribution < -0.4 is 0 Å². The summed E-state index contributed by atoms with van der Waals surface area (Å²) in [5.41, 5.74) is 1.23. The summed E-state index contributed by atoms with van der Waals surface area (Å²) < 4.78 is 0. The summed E-state index contributed by atoms with van der Waals surface area (Å²) in [6.45, 7) is 0. The van der Waals surface area contributed by atoms with Gasteiger partial charge in [-0.1, -0.05) is 30.3 Å². The molecule has 0 aliphatic heterocycles. The Bertz CT molecular complexity index is 427. The Hall–Kier alpha value is -1.66. The van der Waals surface area contributed by atoms with Gasteiger partial charge in [0.2, 0.25) is 0 Å². The predicted octanol–water partition coefficient (Wildman–Crippen LogP) is 3.40. The average Bonchev–Trinajstić information content (AvgIpc) is 2.34. The van der Waals surface area contributed by atoms with Crippen LogP contribution in [0.3, 0.4) is 0 Å². The maximum Gasteiger partial charge on any atom is 0.106 e. The third-order valence-electron chi connectivity index (χ3n) is 1.98. The lowest BCUT2D eigenvalue weighted by Crippen LogP contribution is -1.99. The van der Waals surface area contributed by atoms with Crippen molar-refractivity contribution in [1.82, 2.24) is 4.90 Å². The fourth-order valence-corrected chi connectivity index (χ4v) is 1.91. The zero-order valence-corrected chi connectivity index (χ0v) is 10.9. The van der Waals surface area contributed by atoms with Gasteiger partial charge in [0.15, 0.2) is 0 Å². The minimum atomic E-state index is 0.729. The van der Waals surface area contributed by atoms with Crippen molar-refractivity contribution in [2.45, 2.75) is 5.75 Å². The van der Waals surface area contributed by atoms with Crippen LogP contribution in [0.2, 0.25) is 0 Å². The van der Waals surface area contributed by atoms with E-state index in [9.17, 15) is 0 Å². The van der Waals surface area contributed by atoms with Crippen LogP contribution in [0.25, 0.3) is 0 Å². The van der Waals surface area contributed by atoms with Gasteiger partial charge < -0.3 is 4.90 Å². The highest BCUT2D eigenvalue weighted by molar-refractivity contribution is 8.02. The van der Waals surface area contributed by atoms with Gasteiger partial charge in [0, 0.05) is 19.8 Å². The molecule has 1 aromatic rings. The SMILES string of the molecule is CN(C)/C=C\C=C(\C#N)SCc1ccccc1. The minimum Gasteiger partial charge on any atom is -0.383 e. The lowest BCUT2D eigenvalue weighted by atomic mass is 10.2. The van der Waals surface area contributed by atoms with Crippen molar-refractivity contribution in [2.75, 3.05) is 14.1 Å². The minimum absolute atomic E-state index is 0.729. The third kappa shape index (κ3) is 5.84. The van der Waals surface area contributed by atoms with Crippen molar-refractivity contribution in [2.24, 2.45) is 0 Å². The number of rotatable bonds is 5. The van der Waals surface area contributed by atoms with Gasteiger partial charge in [-0.25, -0.2) is 0 Å². The van der Waals surface area contributed by atoms with Gasteiger partial charge in [-0.15, -0.1) is 11.8 Å². The van der Waals surface area contributed by atoms with Crippen molar-refractivity contribution < 1.29 is 0 Å². The molecular weight excluding hydrogens is 228 g/mol. The number of allylic oxidation sites excluding steroid dienone is 3. The molecule has 0 aliphatic carbocycles. The first-order chi connectivity index (χ1) is 8.22. The Morgan fingerprint density at radius 1 is 1.35 bits per heavy atom. The van der Waals surface area contributed by atoms with E-state index in [2.05, 4.69) is 18.2 Å². The van der Waals surface area contributed by atoms with Crippen molar-refractivity contribution in [1.29, 1.82) is 5.26 Å². The molecule has 0 amide bonds. The largest absolute Gasteiger partial charge is 0.383 e. The summed E-state index contributed by atoms with van der Waals surface area (Å²) in [6, 6.07) is 12.4. The summed E-state index contributed by atoms with van der Waals surface area (Å²) in [6.07, 6.45) is 5.64. The molecule has 0 fully saturated rings. The summed E-state index contributed by atoms with van der Waals surface area (Å²) in [7, 11) is 3.90. The Kier molecular flexibility index (Phi) is 5.98. The first-order valence-electron chi connectivity index (χ1n) is 5.34. The summed E-state index contributed by atoms with van der Waals surface area (Å²) >= 11 is 1.56. The molecule has 0 N–H and O–H groups in total. The van der Waals surface area contributed by atoms with E-state index in [4.69, 9.17) is 5.26 Å². The van der Waals surface area contributed by atoms with Crippen LogP contribution in [0, 0.1) is 11.3 Å². The fraction of sp³-hybridized carbons (Fsp3) is 0.214. The molecule has 0 spiro atoms. The molecule has 0 aromatic heterocycles. The Morgan fingerprint density at radius 2 is 2.06 bits per heavy atom. The molecule has 17 heavy (non-hydrogen) atoms. The van der Waals surface area contributed by atoms with Crippen LogP contribution in [0.15, 0.2) is 53.6 Å². The van der Waals surface area contributed by atoms with Crippen LogP contribution in [-0.2, 0) is 5.75 Å². The zero-order chi connectivity index (χ0) is 12.5. The van der Waals surface area contributed by atoms with E-state index < -0.39 is 0 Å². The van der Waals surface area contributed by atoms with E-state index >= 15 is 0 Å². The Morgan fingerprint density at radius 3 is 2.65 bits per heavy atom. The van der Waals surface area contributed by atoms with Crippen molar-refractivity contribution in [3.05, 3.63) is 59.2 Å². The molecule has 0 saturated carbocycles. The van der Waals surface area contributed by atoms with Gasteiger partial charge in [-0.2, -0.15) is 5.26 Å². The third-order valence-corrected chi connectivity index (χ3v) is 3.00. The van der Waals surface area contributed by atoms with E-state index in [0.717, 1.165) is 10.7 Å². The van der Waals surface area contributed by atoms with E-state index in [1.165, 1.54) is 5.56 Å². The molecule has 0 atom stereocenters. The summed E-state index contributed by atoms with van der Waals surface area (Å²) in [5, 5.41) is 8.98. The molecule has 0 unspecified atom stereocenters. The number of thioether (sulfide) groups is 1. The molecule has 0 saturated heterocycles. The summed E-state index contributed by atoms with van der Waals surface area (Å²) in [5.74, 6) is 0.829. The molecule has 0 radical (unpaired) electrons. The molecule has 2 nitrogen and oxygen atoms in total. The topological polar surface area (TPSA) is 27.0 Å². The highest BCUT2D eigenvalue weighted by atomic mass is 32.2. The molecule has 0 aliphatic rings. The van der Waals surface area contributed by atoms with Crippen LogP contribution >= 0.6 is 11.8 Å². The van der Waals surface area contributed by atoms with E-state index in [1.807, 2.05) is 55.5 Å². The monoisotopic (exact) mass is 244 g/mol. The van der Waals surface area contributed by atoms with Gasteiger partial charge >= 0.3 is 0 Å². The second-order valence-corrected chi connectivity index (χ2v) is 4.74. The second kappa shape index (κ2) is 7.59. The highest BCUT2D eigenvalue weighted by Gasteiger charge is 1.96. The lowest BCUT2D eigenvalue weighted by molar-refractivity contribution is 0.564. The number of hydrogen-bond acceptors (Lipinski definition) is 3. The number of benzene rings is 1. The summed E-state index contributed by atoms with van der Waals surface area (Å²) in [4.78, 5) is 2.67. The van der Waals surface area contributed by atoms with Crippen molar-refractivity contribution >= 4 is 11.8 Å². The van der Waals surface area contributed by atoms with Gasteiger partial charge in [-0.05, 0) is 23.9 Å². The number of nitriles is 1. The standard InChI is InChI=1S/C14H16N2S/c1-16(2)10-6-9-14(11-15)17-12-13-7-4-3-5-8-13/h3-10H,12H2,1-2H3/b10-6-,14-9-. The molecule has 1 aromatic carbocycles. The normalized spacial score (nSPS) is 11.5. The lowest BCUT2D eigenvalue weighted by Gasteiger charge is -2.02.